The second kappa shape index (κ2) is 9.15. The molecule has 0 N–H and O–H groups in total. The number of unbranched alkanes of at least 4 members (excludes halogenated alkanes) is 2. The van der Waals surface area contributed by atoms with Gasteiger partial charge in [0.1, 0.15) is 0 Å². The number of amides is 2. The van der Waals surface area contributed by atoms with Gasteiger partial charge < -0.3 is 4.74 Å². The van der Waals surface area contributed by atoms with Crippen molar-refractivity contribution in [2.24, 2.45) is 0 Å². The Balaban J connectivity index is 1.46. The molecule has 0 radical (unpaired) electrons. The first-order valence-corrected chi connectivity index (χ1v) is 9.96. The topological polar surface area (TPSA) is 63.7 Å². The van der Waals surface area contributed by atoms with Crippen LogP contribution in [0.4, 0.5) is 8.78 Å². The molecule has 0 fully saturated rings. The van der Waals surface area contributed by atoms with Gasteiger partial charge in [-0.05, 0) is 44.0 Å². The summed E-state index contributed by atoms with van der Waals surface area (Å²) in [7, 11) is 0. The Morgan fingerprint density at radius 2 is 1.53 bits per heavy atom. The van der Waals surface area contributed by atoms with Crippen LogP contribution in [0.2, 0.25) is 0 Å². The summed E-state index contributed by atoms with van der Waals surface area (Å²) in [5, 5.41) is 0. The van der Waals surface area contributed by atoms with Crippen molar-refractivity contribution in [2.45, 2.75) is 38.5 Å². The molecule has 1 heterocycles. The molecule has 0 atom stereocenters. The molecule has 2 aromatic rings. The van der Waals surface area contributed by atoms with E-state index in [0.717, 1.165) is 0 Å². The number of nitrogens with zero attached hydrogens (tertiary/aromatic N) is 1. The molecule has 0 spiro atoms. The van der Waals surface area contributed by atoms with Gasteiger partial charge in [-0.1, -0.05) is 30.7 Å². The largest absolute Gasteiger partial charge is 0.462 e. The van der Waals surface area contributed by atoms with Gasteiger partial charge in [-0.15, -0.1) is 0 Å². The summed E-state index contributed by atoms with van der Waals surface area (Å²) in [6.07, 6.45) is 0.816. The van der Waals surface area contributed by atoms with Crippen LogP contribution in [-0.2, 0) is 10.7 Å². The number of rotatable bonds is 9. The summed E-state index contributed by atoms with van der Waals surface area (Å²) in [5.74, 6) is -4.23. The summed E-state index contributed by atoms with van der Waals surface area (Å²) in [6.45, 7) is 2.11. The van der Waals surface area contributed by atoms with E-state index in [4.69, 9.17) is 4.74 Å². The molecule has 1 aliphatic heterocycles. The van der Waals surface area contributed by atoms with Crippen LogP contribution in [0, 0.1) is 0 Å². The van der Waals surface area contributed by atoms with Crippen molar-refractivity contribution >= 4 is 17.8 Å². The van der Waals surface area contributed by atoms with Crippen molar-refractivity contribution in [3.8, 4) is 0 Å². The molecule has 2 aromatic carbocycles. The SMILES string of the molecule is CCOC(=O)c1ccc(C(F)(F)CCCCCN2C(=O)c3ccccc3C2=O)cc1. The maximum absolute atomic E-state index is 14.4. The first-order valence-electron chi connectivity index (χ1n) is 9.96. The molecular weight excluding hydrogens is 392 g/mol. The van der Waals surface area contributed by atoms with Crippen LogP contribution >= 0.6 is 0 Å². The van der Waals surface area contributed by atoms with Crippen molar-refractivity contribution in [2.75, 3.05) is 13.2 Å². The summed E-state index contributed by atoms with van der Waals surface area (Å²) in [6, 6.07) is 11.8. The van der Waals surface area contributed by atoms with Crippen LogP contribution in [0.5, 0.6) is 0 Å². The van der Waals surface area contributed by atoms with E-state index in [1.165, 1.54) is 29.2 Å². The van der Waals surface area contributed by atoms with E-state index in [1.54, 1.807) is 31.2 Å². The molecule has 0 bridgehead atoms. The van der Waals surface area contributed by atoms with E-state index in [2.05, 4.69) is 0 Å². The highest BCUT2D eigenvalue weighted by Gasteiger charge is 2.35. The van der Waals surface area contributed by atoms with Gasteiger partial charge >= 0.3 is 5.97 Å². The zero-order valence-corrected chi connectivity index (χ0v) is 16.7. The van der Waals surface area contributed by atoms with Gasteiger partial charge in [-0.2, -0.15) is 0 Å². The van der Waals surface area contributed by atoms with Gasteiger partial charge in [-0.25, -0.2) is 13.6 Å². The van der Waals surface area contributed by atoms with Crippen LogP contribution in [-0.4, -0.2) is 35.8 Å². The van der Waals surface area contributed by atoms with Crippen molar-refractivity contribution in [3.63, 3.8) is 0 Å². The van der Waals surface area contributed by atoms with Crippen LogP contribution in [0.25, 0.3) is 0 Å². The van der Waals surface area contributed by atoms with Gasteiger partial charge in [0.15, 0.2) is 0 Å². The minimum absolute atomic E-state index is 0.157. The lowest BCUT2D eigenvalue weighted by Gasteiger charge is -2.18. The van der Waals surface area contributed by atoms with Gasteiger partial charge in [0.25, 0.3) is 17.7 Å². The predicted octanol–water partition coefficient (Wildman–Crippen LogP) is 4.81. The van der Waals surface area contributed by atoms with E-state index in [9.17, 15) is 23.2 Å². The molecule has 2 amide bonds. The van der Waals surface area contributed by atoms with Crippen LogP contribution in [0.15, 0.2) is 48.5 Å². The maximum Gasteiger partial charge on any atom is 0.338 e. The van der Waals surface area contributed by atoms with Crippen molar-refractivity contribution in [1.82, 2.24) is 4.90 Å². The quantitative estimate of drug-likeness (QED) is 0.335. The predicted molar refractivity (Wildman–Crippen MR) is 107 cm³/mol. The summed E-state index contributed by atoms with van der Waals surface area (Å²) in [5.41, 5.74) is 0.855. The monoisotopic (exact) mass is 415 g/mol. The van der Waals surface area contributed by atoms with E-state index >= 15 is 0 Å². The van der Waals surface area contributed by atoms with Crippen molar-refractivity contribution < 1.29 is 27.9 Å². The Morgan fingerprint density at radius 1 is 0.933 bits per heavy atom. The number of carbonyl (C=O) groups is 3. The molecule has 5 nitrogen and oxygen atoms in total. The van der Waals surface area contributed by atoms with Crippen molar-refractivity contribution in [1.29, 1.82) is 0 Å². The van der Waals surface area contributed by atoms with Crippen LogP contribution in [0.1, 0.15) is 69.2 Å². The number of hydrogen-bond acceptors (Lipinski definition) is 4. The normalized spacial score (nSPS) is 13.5. The number of esters is 1. The third kappa shape index (κ3) is 4.56. The van der Waals surface area contributed by atoms with Gasteiger partial charge in [0.2, 0.25) is 0 Å². The summed E-state index contributed by atoms with van der Waals surface area (Å²) < 4.78 is 33.7. The molecule has 0 aromatic heterocycles. The minimum Gasteiger partial charge on any atom is -0.462 e. The van der Waals surface area contributed by atoms with E-state index < -0.39 is 11.9 Å². The van der Waals surface area contributed by atoms with Gasteiger partial charge in [0.05, 0.1) is 23.3 Å². The number of imide groups is 1. The second-order valence-electron chi connectivity index (χ2n) is 7.12. The molecule has 7 heteroatoms. The fourth-order valence-corrected chi connectivity index (χ4v) is 3.44. The van der Waals surface area contributed by atoms with Crippen molar-refractivity contribution in [3.05, 3.63) is 70.8 Å². The lowest BCUT2D eigenvalue weighted by molar-refractivity contribution is -0.0160. The highest BCUT2D eigenvalue weighted by molar-refractivity contribution is 6.21. The summed E-state index contributed by atoms with van der Waals surface area (Å²) >= 11 is 0. The number of fused-ring (bicyclic) bond motifs is 1. The second-order valence-corrected chi connectivity index (χ2v) is 7.12. The third-order valence-electron chi connectivity index (χ3n) is 5.07. The highest BCUT2D eigenvalue weighted by Crippen LogP contribution is 2.34. The first kappa shape index (κ1) is 21.6. The number of carbonyl (C=O) groups excluding carboxylic acids is 3. The van der Waals surface area contributed by atoms with E-state index in [0.29, 0.717) is 24.0 Å². The lowest BCUT2D eigenvalue weighted by atomic mass is 10.0. The lowest BCUT2D eigenvalue weighted by Crippen LogP contribution is -2.30. The molecule has 0 unspecified atom stereocenters. The van der Waals surface area contributed by atoms with Gasteiger partial charge in [-0.3, -0.25) is 14.5 Å². The van der Waals surface area contributed by atoms with Crippen LogP contribution < -0.4 is 0 Å². The Hall–Kier alpha value is -3.09. The average molecular weight is 415 g/mol. The number of ether oxygens (including phenoxy) is 1. The number of alkyl halides is 2. The molecule has 0 aliphatic carbocycles. The number of hydrogen-bond donors (Lipinski definition) is 0. The molecular formula is C23H23F2NO4. The fourth-order valence-electron chi connectivity index (χ4n) is 3.44. The zero-order chi connectivity index (χ0) is 21.7. The third-order valence-corrected chi connectivity index (χ3v) is 5.07. The van der Waals surface area contributed by atoms with E-state index in [-0.39, 0.29) is 48.9 Å². The Morgan fingerprint density at radius 3 is 2.10 bits per heavy atom. The summed E-state index contributed by atoms with van der Waals surface area (Å²) in [4.78, 5) is 37.4. The molecule has 1 aliphatic rings. The Bertz CT molecular complexity index is 905. The molecule has 0 saturated carbocycles. The Kier molecular flexibility index (Phi) is 6.59. The highest BCUT2D eigenvalue weighted by atomic mass is 19.3. The van der Waals surface area contributed by atoms with Gasteiger partial charge in [0, 0.05) is 18.5 Å². The fraction of sp³-hybridized carbons (Fsp3) is 0.348. The molecule has 0 saturated heterocycles. The van der Waals surface area contributed by atoms with Crippen LogP contribution in [0.3, 0.4) is 0 Å². The Labute approximate surface area is 173 Å². The number of benzene rings is 2. The minimum atomic E-state index is -3.03. The maximum atomic E-state index is 14.4. The van der Waals surface area contributed by atoms with E-state index in [1.807, 2.05) is 0 Å². The molecule has 3 rings (SSSR count). The first-order chi connectivity index (χ1) is 14.3. The smallest absolute Gasteiger partial charge is 0.338 e. The zero-order valence-electron chi connectivity index (χ0n) is 16.7. The standard InChI is InChI=1S/C23H23F2NO4/c1-2-30-22(29)16-10-12-17(13-11-16)23(24,25)14-6-3-7-15-26-20(27)18-8-4-5-9-19(18)21(26)28/h4-5,8-13H,2-3,6-7,14-15H2,1H3. The number of halogens is 2. The average Bonchev–Trinajstić information content (AvgIpc) is 2.99. The molecule has 30 heavy (non-hydrogen) atoms. The molecule has 158 valence electrons.